The van der Waals surface area contributed by atoms with Crippen LogP contribution < -0.4 is 4.74 Å². The molecule has 2 bridgehead atoms. The van der Waals surface area contributed by atoms with E-state index in [0.717, 1.165) is 28.3 Å². The van der Waals surface area contributed by atoms with Crippen molar-refractivity contribution in [1.82, 2.24) is 24.6 Å². The predicted molar refractivity (Wildman–Crippen MR) is 155 cm³/mol. The Labute approximate surface area is 247 Å². The molecule has 2 aromatic carbocycles. The van der Waals surface area contributed by atoms with Crippen molar-refractivity contribution < 1.29 is 27.5 Å². The number of hydrogen-bond donors (Lipinski definition) is 0. The molecule has 0 fully saturated rings. The first-order valence-corrected chi connectivity index (χ1v) is 14.0. The van der Waals surface area contributed by atoms with E-state index in [1.807, 2.05) is 48.5 Å². The fourth-order valence-corrected chi connectivity index (χ4v) is 5.06. The van der Waals surface area contributed by atoms with Crippen molar-refractivity contribution >= 4 is 11.8 Å². The molecular formula is C32H32F3N5O3. The second-order valence-electron chi connectivity index (χ2n) is 10.5. The molecule has 8 nitrogen and oxygen atoms in total. The summed E-state index contributed by atoms with van der Waals surface area (Å²) in [6.45, 7) is 2.47. The van der Waals surface area contributed by atoms with E-state index in [9.17, 15) is 22.8 Å². The summed E-state index contributed by atoms with van der Waals surface area (Å²) in [6.07, 6.45) is -0.574. The van der Waals surface area contributed by atoms with Crippen LogP contribution >= 0.6 is 0 Å². The molecule has 3 heterocycles. The predicted octanol–water partition coefficient (Wildman–Crippen LogP) is 5.25. The monoisotopic (exact) mass is 591 g/mol. The fourth-order valence-electron chi connectivity index (χ4n) is 5.06. The summed E-state index contributed by atoms with van der Waals surface area (Å²) in [5.74, 6) is 0.227. The maximum Gasteiger partial charge on any atom is 0.435 e. The van der Waals surface area contributed by atoms with Gasteiger partial charge in [-0.1, -0.05) is 24.3 Å². The summed E-state index contributed by atoms with van der Waals surface area (Å²) in [7, 11) is 1.68. The minimum absolute atomic E-state index is 0.000378. The molecule has 0 saturated heterocycles. The SMILES string of the molecule is Cc1cc(C(F)(F)F)nn1CCC(=O)N1CCOc2ccc(-c3cccnc3)cc2Cc2cccc(c2)C(=O)N(C)CC1. The number of fused-ring (bicyclic) bond motifs is 3. The summed E-state index contributed by atoms with van der Waals surface area (Å²) in [5, 5.41) is 3.63. The quantitative estimate of drug-likeness (QED) is 0.324. The van der Waals surface area contributed by atoms with Gasteiger partial charge >= 0.3 is 6.18 Å². The highest BCUT2D eigenvalue weighted by molar-refractivity contribution is 5.94. The van der Waals surface area contributed by atoms with Crippen LogP contribution in [0.2, 0.25) is 0 Å². The fraction of sp³-hybridized carbons (Fsp3) is 0.312. The van der Waals surface area contributed by atoms with Crippen LogP contribution in [0.15, 0.2) is 73.1 Å². The lowest BCUT2D eigenvalue weighted by molar-refractivity contribution is -0.141. The molecule has 11 heteroatoms. The Bertz CT molecular complexity index is 1600. The number of nitrogens with zero attached hydrogens (tertiary/aromatic N) is 5. The van der Waals surface area contributed by atoms with Crippen molar-refractivity contribution in [3.8, 4) is 16.9 Å². The lowest BCUT2D eigenvalue weighted by atomic mass is 9.98. The van der Waals surface area contributed by atoms with Gasteiger partial charge in [0, 0.05) is 68.7 Å². The Morgan fingerprint density at radius 1 is 0.977 bits per heavy atom. The summed E-state index contributed by atoms with van der Waals surface area (Å²) in [6, 6.07) is 18.2. The Kier molecular flexibility index (Phi) is 8.79. The summed E-state index contributed by atoms with van der Waals surface area (Å²) < 4.78 is 46.7. The van der Waals surface area contributed by atoms with E-state index in [-0.39, 0.29) is 51.0 Å². The molecule has 2 amide bonds. The highest BCUT2D eigenvalue weighted by Crippen LogP contribution is 2.30. The number of carbonyl (C=O) groups excluding carboxylic acids is 2. The number of halogens is 3. The molecule has 0 aliphatic carbocycles. The zero-order valence-corrected chi connectivity index (χ0v) is 24.0. The average Bonchev–Trinajstić information content (AvgIpc) is 3.38. The third-order valence-corrected chi connectivity index (χ3v) is 7.46. The number of hydrogen-bond acceptors (Lipinski definition) is 5. The summed E-state index contributed by atoms with van der Waals surface area (Å²) >= 11 is 0. The van der Waals surface area contributed by atoms with Gasteiger partial charge in [0.2, 0.25) is 5.91 Å². The maximum absolute atomic E-state index is 13.3. The van der Waals surface area contributed by atoms with Crippen LogP contribution in [0.1, 0.15) is 39.3 Å². The van der Waals surface area contributed by atoms with Crippen molar-refractivity contribution in [2.45, 2.75) is 32.5 Å². The molecule has 0 radical (unpaired) electrons. The molecular weight excluding hydrogens is 559 g/mol. The third kappa shape index (κ3) is 7.22. The van der Waals surface area contributed by atoms with Crippen molar-refractivity contribution in [3.05, 3.63) is 101 Å². The molecule has 0 unspecified atom stereocenters. The number of aromatic nitrogens is 3. The van der Waals surface area contributed by atoms with Crippen molar-refractivity contribution in [3.63, 3.8) is 0 Å². The topological polar surface area (TPSA) is 80.6 Å². The highest BCUT2D eigenvalue weighted by atomic mass is 19.4. The van der Waals surface area contributed by atoms with Crippen LogP contribution in [-0.2, 0) is 23.9 Å². The van der Waals surface area contributed by atoms with Crippen LogP contribution in [0.4, 0.5) is 13.2 Å². The standard InChI is InChI=1S/C32H32F3N5O3/c1-22-17-29(32(33,34)35)37-40(22)12-10-30(41)39-14-13-38(2)31(42)25-6-3-5-23(18-25)19-27-20-24(26-7-4-11-36-21-26)8-9-28(27)43-16-15-39/h3-9,11,17-18,20-21H,10,12-16,19H2,1-2H3. The number of amides is 2. The van der Waals surface area contributed by atoms with Gasteiger partial charge in [-0.3, -0.25) is 19.3 Å². The number of benzene rings is 2. The molecule has 0 spiro atoms. The van der Waals surface area contributed by atoms with Crippen molar-refractivity contribution in [2.75, 3.05) is 33.3 Å². The van der Waals surface area contributed by atoms with Gasteiger partial charge in [0.15, 0.2) is 5.69 Å². The van der Waals surface area contributed by atoms with E-state index in [4.69, 9.17) is 4.74 Å². The zero-order chi connectivity index (χ0) is 30.6. The van der Waals surface area contributed by atoms with Gasteiger partial charge in [0.05, 0.1) is 6.54 Å². The molecule has 224 valence electrons. The van der Waals surface area contributed by atoms with Gasteiger partial charge in [-0.2, -0.15) is 18.3 Å². The summed E-state index contributed by atoms with van der Waals surface area (Å²) in [4.78, 5) is 33.9. The minimum atomic E-state index is -4.56. The van der Waals surface area contributed by atoms with Gasteiger partial charge in [-0.05, 0) is 60.0 Å². The molecule has 0 saturated carbocycles. The second-order valence-corrected chi connectivity index (χ2v) is 10.5. The number of aryl methyl sites for hydroxylation is 2. The Balaban J connectivity index is 1.38. The van der Waals surface area contributed by atoms with E-state index < -0.39 is 11.9 Å². The van der Waals surface area contributed by atoms with Crippen LogP contribution in [-0.4, -0.2) is 69.7 Å². The van der Waals surface area contributed by atoms with E-state index >= 15 is 0 Å². The number of rotatable bonds is 4. The van der Waals surface area contributed by atoms with Gasteiger partial charge in [0.1, 0.15) is 12.4 Å². The molecule has 1 aliphatic rings. The first kappa shape index (κ1) is 29.8. The first-order chi connectivity index (χ1) is 20.6. The number of carbonyl (C=O) groups is 2. The average molecular weight is 592 g/mol. The van der Waals surface area contributed by atoms with E-state index in [2.05, 4.69) is 10.1 Å². The van der Waals surface area contributed by atoms with Gasteiger partial charge < -0.3 is 14.5 Å². The van der Waals surface area contributed by atoms with Crippen LogP contribution in [0, 0.1) is 6.92 Å². The number of likely N-dealkylation sites (N-methyl/N-ethyl adjacent to an activating group) is 1. The van der Waals surface area contributed by atoms with E-state index in [1.165, 1.54) is 11.6 Å². The van der Waals surface area contributed by atoms with Crippen molar-refractivity contribution in [2.24, 2.45) is 0 Å². The van der Waals surface area contributed by atoms with Gasteiger partial charge in [0.25, 0.3) is 5.91 Å². The number of ether oxygens (including phenoxy) is 1. The van der Waals surface area contributed by atoms with Crippen molar-refractivity contribution in [1.29, 1.82) is 0 Å². The second kappa shape index (κ2) is 12.7. The minimum Gasteiger partial charge on any atom is -0.491 e. The van der Waals surface area contributed by atoms with Gasteiger partial charge in [-0.25, -0.2) is 0 Å². The smallest absolute Gasteiger partial charge is 0.435 e. The Morgan fingerprint density at radius 2 is 1.79 bits per heavy atom. The van der Waals surface area contributed by atoms with E-state index in [0.29, 0.717) is 23.4 Å². The molecule has 0 atom stereocenters. The maximum atomic E-state index is 13.3. The first-order valence-electron chi connectivity index (χ1n) is 14.0. The Hall–Kier alpha value is -4.67. The largest absolute Gasteiger partial charge is 0.491 e. The van der Waals surface area contributed by atoms with E-state index in [1.54, 1.807) is 35.3 Å². The lowest BCUT2D eigenvalue weighted by Crippen LogP contribution is -2.41. The van der Waals surface area contributed by atoms with Gasteiger partial charge in [-0.15, -0.1) is 0 Å². The van der Waals surface area contributed by atoms with Crippen LogP contribution in [0.5, 0.6) is 5.75 Å². The number of pyridine rings is 1. The summed E-state index contributed by atoms with van der Waals surface area (Å²) in [5.41, 5.74) is 3.69. The molecule has 0 N–H and O–H groups in total. The lowest BCUT2D eigenvalue weighted by Gasteiger charge is -2.27. The molecule has 1 aliphatic heterocycles. The molecule has 43 heavy (non-hydrogen) atoms. The Morgan fingerprint density at radius 3 is 2.53 bits per heavy atom. The van der Waals surface area contributed by atoms with Crippen LogP contribution in [0.25, 0.3) is 11.1 Å². The third-order valence-electron chi connectivity index (χ3n) is 7.46. The molecule has 5 rings (SSSR count). The molecule has 2 aromatic heterocycles. The highest BCUT2D eigenvalue weighted by Gasteiger charge is 2.34. The zero-order valence-electron chi connectivity index (χ0n) is 24.0. The normalized spacial score (nSPS) is 14.6. The van der Waals surface area contributed by atoms with Crippen LogP contribution in [0.3, 0.4) is 0 Å². The molecule has 4 aromatic rings. The number of alkyl halides is 3.